The molecule has 1 amide bonds. The van der Waals surface area contributed by atoms with Crippen molar-refractivity contribution < 1.29 is 23.1 Å². The molecule has 0 saturated carbocycles. The van der Waals surface area contributed by atoms with Gasteiger partial charge in [0.2, 0.25) is 5.91 Å². The number of aryl methyl sites for hydroxylation is 1. The van der Waals surface area contributed by atoms with Gasteiger partial charge in [-0.3, -0.25) is 13.9 Å². The number of nitrogens with one attached hydrogen (secondary N) is 1. The number of carboxylic acid groups (broad SMARTS) is 1. The molecule has 0 spiro atoms. The molecule has 0 fully saturated rings. The minimum Gasteiger partial charge on any atom is -0.480 e. The lowest BCUT2D eigenvalue weighted by atomic mass is 10.2. The first-order valence-corrected chi connectivity index (χ1v) is 9.82. The summed E-state index contributed by atoms with van der Waals surface area (Å²) in [7, 11) is -3.87. The predicted octanol–water partition coefficient (Wildman–Crippen LogP) is 2.17. The van der Waals surface area contributed by atoms with Crippen molar-refractivity contribution in [3.8, 4) is 0 Å². The van der Waals surface area contributed by atoms with Crippen LogP contribution in [-0.4, -0.2) is 38.0 Å². The second-order valence-electron chi connectivity index (χ2n) is 6.10. The quantitative estimate of drug-likeness (QED) is 0.719. The molecular formula is C19H22N2O5S. The van der Waals surface area contributed by atoms with Gasteiger partial charge in [0, 0.05) is 13.0 Å². The molecule has 144 valence electrons. The number of carboxylic acids is 1. The average molecular weight is 390 g/mol. The molecule has 7 nitrogen and oxygen atoms in total. The summed E-state index contributed by atoms with van der Waals surface area (Å²) in [5.74, 6) is -1.69. The monoisotopic (exact) mass is 390 g/mol. The number of carbonyl (C=O) groups is 2. The van der Waals surface area contributed by atoms with Crippen LogP contribution in [0.5, 0.6) is 0 Å². The van der Waals surface area contributed by atoms with Crippen LogP contribution in [0.25, 0.3) is 0 Å². The Kier molecular flexibility index (Phi) is 6.57. The van der Waals surface area contributed by atoms with Crippen molar-refractivity contribution in [2.24, 2.45) is 0 Å². The SMILES string of the molecule is Cc1ccc(S(=O)(=O)N(CCC(=O)N[C@H](C)C(=O)O)c2ccccc2)cc1. The third-order valence-corrected chi connectivity index (χ3v) is 5.78. The Balaban J connectivity index is 2.26. The van der Waals surface area contributed by atoms with Crippen molar-refractivity contribution in [2.45, 2.75) is 31.2 Å². The molecule has 0 heterocycles. The summed E-state index contributed by atoms with van der Waals surface area (Å²) in [4.78, 5) is 23.0. The van der Waals surface area contributed by atoms with E-state index in [-0.39, 0.29) is 17.9 Å². The van der Waals surface area contributed by atoms with Gasteiger partial charge in [-0.2, -0.15) is 0 Å². The highest BCUT2D eigenvalue weighted by molar-refractivity contribution is 7.92. The molecule has 0 saturated heterocycles. The van der Waals surface area contributed by atoms with Crippen LogP contribution in [0.2, 0.25) is 0 Å². The summed E-state index contributed by atoms with van der Waals surface area (Å²) in [6.07, 6.45) is -0.169. The molecule has 0 aliphatic carbocycles. The summed E-state index contributed by atoms with van der Waals surface area (Å²) in [6.45, 7) is 3.09. The Bertz CT molecular complexity index is 895. The second kappa shape index (κ2) is 8.68. The van der Waals surface area contributed by atoms with E-state index in [1.807, 2.05) is 6.92 Å². The molecule has 27 heavy (non-hydrogen) atoms. The third kappa shape index (κ3) is 5.30. The van der Waals surface area contributed by atoms with E-state index >= 15 is 0 Å². The zero-order chi connectivity index (χ0) is 20.0. The lowest BCUT2D eigenvalue weighted by Gasteiger charge is -2.24. The Labute approximate surface area is 158 Å². The van der Waals surface area contributed by atoms with Crippen LogP contribution >= 0.6 is 0 Å². The Morgan fingerprint density at radius 3 is 2.22 bits per heavy atom. The van der Waals surface area contributed by atoms with Gasteiger partial charge in [0.15, 0.2) is 0 Å². The van der Waals surface area contributed by atoms with E-state index < -0.39 is 27.9 Å². The van der Waals surface area contributed by atoms with Crippen LogP contribution in [0, 0.1) is 6.92 Å². The largest absolute Gasteiger partial charge is 0.480 e. The van der Waals surface area contributed by atoms with E-state index in [1.54, 1.807) is 42.5 Å². The highest BCUT2D eigenvalue weighted by atomic mass is 32.2. The molecule has 0 bridgehead atoms. The number of benzene rings is 2. The summed E-state index contributed by atoms with van der Waals surface area (Å²) < 4.78 is 27.3. The van der Waals surface area contributed by atoms with Gasteiger partial charge in [0.25, 0.3) is 10.0 Å². The van der Waals surface area contributed by atoms with Crippen molar-refractivity contribution in [3.05, 3.63) is 60.2 Å². The zero-order valence-corrected chi connectivity index (χ0v) is 15.9. The number of hydrogen-bond donors (Lipinski definition) is 2. The van der Waals surface area contributed by atoms with E-state index in [0.717, 1.165) is 9.87 Å². The van der Waals surface area contributed by atoms with Crippen LogP contribution in [0.3, 0.4) is 0 Å². The van der Waals surface area contributed by atoms with Gasteiger partial charge in [0.1, 0.15) is 6.04 Å². The smallest absolute Gasteiger partial charge is 0.325 e. The van der Waals surface area contributed by atoms with Gasteiger partial charge in [-0.25, -0.2) is 8.42 Å². The van der Waals surface area contributed by atoms with Crippen molar-refractivity contribution in [1.29, 1.82) is 0 Å². The van der Waals surface area contributed by atoms with Gasteiger partial charge in [0.05, 0.1) is 10.6 Å². The number of nitrogens with zero attached hydrogens (tertiary/aromatic N) is 1. The van der Waals surface area contributed by atoms with Crippen LogP contribution in [0.1, 0.15) is 18.9 Å². The summed E-state index contributed by atoms with van der Waals surface area (Å²) >= 11 is 0. The van der Waals surface area contributed by atoms with Crippen LogP contribution < -0.4 is 9.62 Å². The first-order chi connectivity index (χ1) is 12.7. The maximum Gasteiger partial charge on any atom is 0.325 e. The maximum atomic E-state index is 13.1. The molecule has 8 heteroatoms. The Hall–Kier alpha value is -2.87. The lowest BCUT2D eigenvalue weighted by molar-refractivity contribution is -0.141. The van der Waals surface area contributed by atoms with Crippen LogP contribution in [0.4, 0.5) is 5.69 Å². The highest BCUT2D eigenvalue weighted by Crippen LogP contribution is 2.24. The van der Waals surface area contributed by atoms with Gasteiger partial charge >= 0.3 is 5.97 Å². The lowest BCUT2D eigenvalue weighted by Crippen LogP contribution is -2.41. The Morgan fingerprint density at radius 1 is 1.07 bits per heavy atom. The van der Waals surface area contributed by atoms with Crippen molar-refractivity contribution >= 4 is 27.6 Å². The number of rotatable bonds is 8. The number of aliphatic carboxylic acids is 1. The van der Waals surface area contributed by atoms with Crippen molar-refractivity contribution in [3.63, 3.8) is 0 Å². The number of anilines is 1. The molecule has 2 N–H and O–H groups in total. The molecule has 2 aromatic carbocycles. The first kappa shape index (κ1) is 20.4. The average Bonchev–Trinajstić information content (AvgIpc) is 2.62. The first-order valence-electron chi connectivity index (χ1n) is 8.38. The Morgan fingerprint density at radius 2 is 1.67 bits per heavy atom. The van der Waals surface area contributed by atoms with E-state index in [0.29, 0.717) is 5.69 Å². The second-order valence-corrected chi connectivity index (χ2v) is 7.97. The fourth-order valence-corrected chi connectivity index (χ4v) is 3.86. The normalized spacial score (nSPS) is 12.2. The number of sulfonamides is 1. The molecule has 0 aromatic heterocycles. The topological polar surface area (TPSA) is 104 Å². The number of para-hydroxylation sites is 1. The van der Waals surface area contributed by atoms with Crippen LogP contribution in [-0.2, 0) is 19.6 Å². The molecule has 1 atom stereocenters. The molecule has 0 unspecified atom stereocenters. The summed E-state index contributed by atoms with van der Waals surface area (Å²) in [5, 5.41) is 11.2. The summed E-state index contributed by atoms with van der Waals surface area (Å²) in [5.41, 5.74) is 1.36. The standard InChI is InChI=1S/C19H22N2O5S/c1-14-8-10-17(11-9-14)27(25,26)21(16-6-4-3-5-7-16)13-12-18(22)20-15(2)19(23)24/h3-11,15H,12-13H2,1-2H3,(H,20,22)(H,23,24)/t15-/m1/s1. The molecular weight excluding hydrogens is 368 g/mol. The molecule has 0 aliphatic rings. The zero-order valence-electron chi connectivity index (χ0n) is 15.1. The predicted molar refractivity (Wildman–Crippen MR) is 102 cm³/mol. The maximum absolute atomic E-state index is 13.1. The van der Waals surface area contributed by atoms with E-state index in [4.69, 9.17) is 5.11 Å². The van der Waals surface area contributed by atoms with Gasteiger partial charge < -0.3 is 10.4 Å². The van der Waals surface area contributed by atoms with E-state index in [1.165, 1.54) is 19.1 Å². The van der Waals surface area contributed by atoms with Crippen LogP contribution in [0.15, 0.2) is 59.5 Å². The molecule has 0 aliphatic heterocycles. The van der Waals surface area contributed by atoms with Crippen molar-refractivity contribution in [1.82, 2.24) is 5.32 Å². The molecule has 2 aromatic rings. The molecule has 0 radical (unpaired) electrons. The summed E-state index contributed by atoms with van der Waals surface area (Å²) in [6, 6.07) is 13.9. The number of hydrogen-bond acceptors (Lipinski definition) is 4. The van der Waals surface area contributed by atoms with Gasteiger partial charge in [-0.1, -0.05) is 35.9 Å². The van der Waals surface area contributed by atoms with E-state index in [2.05, 4.69) is 5.32 Å². The minimum atomic E-state index is -3.87. The molecule has 2 rings (SSSR count). The minimum absolute atomic E-state index is 0.113. The van der Waals surface area contributed by atoms with Crippen molar-refractivity contribution in [2.75, 3.05) is 10.8 Å². The number of carbonyl (C=O) groups excluding carboxylic acids is 1. The fourth-order valence-electron chi connectivity index (χ4n) is 2.40. The third-order valence-electron chi connectivity index (χ3n) is 3.94. The highest BCUT2D eigenvalue weighted by Gasteiger charge is 2.26. The van der Waals surface area contributed by atoms with Gasteiger partial charge in [-0.15, -0.1) is 0 Å². The van der Waals surface area contributed by atoms with E-state index in [9.17, 15) is 18.0 Å². The fraction of sp³-hybridized carbons (Fsp3) is 0.263. The van der Waals surface area contributed by atoms with Gasteiger partial charge in [-0.05, 0) is 38.1 Å². The number of amides is 1.